The second-order valence-electron chi connectivity index (χ2n) is 18.8. The van der Waals surface area contributed by atoms with Gasteiger partial charge in [0.1, 0.15) is 0 Å². The first kappa shape index (κ1) is 41.2. The molecule has 330 valence electrons. The Bertz CT molecular complexity index is 3820. The molecule has 0 amide bonds. The van der Waals surface area contributed by atoms with Crippen LogP contribution >= 0.6 is 0 Å². The van der Waals surface area contributed by atoms with Crippen LogP contribution in [0.5, 0.6) is 0 Å². The lowest BCUT2D eigenvalue weighted by atomic mass is 9.81. The highest BCUT2D eigenvalue weighted by atomic mass is 15.0. The number of aromatic nitrogens is 4. The fraction of sp³-hybridized carbons (Fsp3) is 0.0455. The molecule has 1 aliphatic rings. The molecule has 0 saturated carbocycles. The molecule has 12 aromatic rings. The summed E-state index contributed by atoms with van der Waals surface area (Å²) in [4.78, 5) is 15.4. The standard InChI is InChI=1S/C66H46N4/c1-66(2)59-26-13-11-22-54(59)55-41-38-50(42-60(55)66)52-20-9-10-21-53(52)57-24-15-25-58-56-23-12-14-27-61(56)70(62(57)58)51-39-36-49(37-40-51)65-68-63(47-32-28-45(29-33-47)43-16-5-3-6-17-43)67-64(69-65)48-34-30-46(31-35-48)44-18-7-4-8-19-44/h3-42H,1-2H3. The van der Waals surface area contributed by atoms with Crippen LogP contribution in [0.25, 0.3) is 117 Å². The Balaban J connectivity index is 0.921. The van der Waals surface area contributed by atoms with Crippen LogP contribution in [0.1, 0.15) is 25.0 Å². The fourth-order valence-corrected chi connectivity index (χ4v) is 10.8. The molecule has 13 rings (SSSR count). The van der Waals surface area contributed by atoms with Crippen LogP contribution in [0, 0.1) is 0 Å². The van der Waals surface area contributed by atoms with Crippen molar-refractivity contribution in [3.05, 3.63) is 254 Å². The maximum absolute atomic E-state index is 5.16. The summed E-state index contributed by atoms with van der Waals surface area (Å²) in [6, 6.07) is 86.9. The molecule has 0 atom stereocenters. The SMILES string of the molecule is CC1(C)c2ccccc2-c2ccc(-c3ccccc3-c3cccc4c5ccccc5n(-c5ccc(-c6nc(-c7ccc(-c8ccccc8)cc7)nc(-c7ccc(-c8ccccc8)cc7)n6)cc5)c34)cc21. The molecule has 0 bridgehead atoms. The average molecular weight is 895 g/mol. The summed E-state index contributed by atoms with van der Waals surface area (Å²) < 4.78 is 2.43. The third-order valence-corrected chi connectivity index (χ3v) is 14.3. The molecule has 0 aliphatic heterocycles. The van der Waals surface area contributed by atoms with Crippen LogP contribution in [-0.2, 0) is 5.41 Å². The average Bonchev–Trinajstić information content (AvgIpc) is 3.89. The molecule has 0 spiro atoms. The monoisotopic (exact) mass is 894 g/mol. The Kier molecular flexibility index (Phi) is 9.81. The van der Waals surface area contributed by atoms with Crippen LogP contribution in [0.15, 0.2) is 243 Å². The third-order valence-electron chi connectivity index (χ3n) is 14.3. The van der Waals surface area contributed by atoms with E-state index in [1.54, 1.807) is 0 Å². The Morgan fingerprint density at radius 2 is 0.729 bits per heavy atom. The maximum atomic E-state index is 5.16. The van der Waals surface area contributed by atoms with Crippen LogP contribution in [0.2, 0.25) is 0 Å². The van der Waals surface area contributed by atoms with Crippen LogP contribution in [-0.4, -0.2) is 19.5 Å². The number of nitrogens with zero attached hydrogens (tertiary/aromatic N) is 4. The molecule has 2 aromatic heterocycles. The summed E-state index contributed by atoms with van der Waals surface area (Å²) in [7, 11) is 0. The van der Waals surface area contributed by atoms with Gasteiger partial charge < -0.3 is 4.57 Å². The fourth-order valence-electron chi connectivity index (χ4n) is 10.8. The second kappa shape index (κ2) is 16.7. The number of fused-ring (bicyclic) bond motifs is 6. The van der Waals surface area contributed by atoms with E-state index in [0.29, 0.717) is 17.5 Å². The highest BCUT2D eigenvalue weighted by Crippen LogP contribution is 2.50. The molecular formula is C66H46N4. The van der Waals surface area contributed by atoms with Gasteiger partial charge in [0.05, 0.1) is 11.0 Å². The van der Waals surface area contributed by atoms with Crippen LogP contribution in [0.3, 0.4) is 0 Å². The number of rotatable bonds is 8. The van der Waals surface area contributed by atoms with Gasteiger partial charge in [-0.25, -0.2) is 15.0 Å². The van der Waals surface area contributed by atoms with E-state index in [0.717, 1.165) is 39.0 Å². The Hall–Kier alpha value is -8.99. The Labute approximate surface area is 407 Å². The van der Waals surface area contributed by atoms with Crippen molar-refractivity contribution in [2.75, 3.05) is 0 Å². The van der Waals surface area contributed by atoms with Crippen molar-refractivity contribution < 1.29 is 0 Å². The van der Waals surface area contributed by atoms with Gasteiger partial charge in [-0.2, -0.15) is 0 Å². The molecule has 0 fully saturated rings. The van der Waals surface area contributed by atoms with Gasteiger partial charge in [-0.1, -0.05) is 220 Å². The van der Waals surface area contributed by atoms with E-state index in [4.69, 9.17) is 15.0 Å². The van der Waals surface area contributed by atoms with Gasteiger partial charge in [0.25, 0.3) is 0 Å². The van der Waals surface area contributed by atoms with Crippen LogP contribution in [0.4, 0.5) is 0 Å². The van der Waals surface area contributed by atoms with E-state index in [2.05, 4.69) is 249 Å². The first-order chi connectivity index (χ1) is 34.5. The van der Waals surface area contributed by atoms with Gasteiger partial charge in [-0.05, 0) is 97.6 Å². The molecule has 70 heavy (non-hydrogen) atoms. The minimum Gasteiger partial charge on any atom is -0.309 e. The van der Waals surface area contributed by atoms with E-state index < -0.39 is 0 Å². The second-order valence-corrected chi connectivity index (χ2v) is 18.8. The van der Waals surface area contributed by atoms with Gasteiger partial charge in [0, 0.05) is 44.1 Å². The zero-order valence-electron chi connectivity index (χ0n) is 38.9. The zero-order chi connectivity index (χ0) is 46.8. The largest absolute Gasteiger partial charge is 0.309 e. The molecule has 4 heteroatoms. The van der Waals surface area contributed by atoms with E-state index in [-0.39, 0.29) is 5.41 Å². The molecule has 4 nitrogen and oxygen atoms in total. The summed E-state index contributed by atoms with van der Waals surface area (Å²) in [6.07, 6.45) is 0. The topological polar surface area (TPSA) is 43.6 Å². The van der Waals surface area contributed by atoms with Crippen LogP contribution < -0.4 is 0 Å². The molecular weight excluding hydrogens is 849 g/mol. The summed E-state index contributed by atoms with van der Waals surface area (Å²) >= 11 is 0. The summed E-state index contributed by atoms with van der Waals surface area (Å²) in [5.41, 5.74) is 20.9. The van der Waals surface area contributed by atoms with Crippen molar-refractivity contribution in [2.24, 2.45) is 0 Å². The van der Waals surface area contributed by atoms with Gasteiger partial charge in [-0.15, -0.1) is 0 Å². The molecule has 0 unspecified atom stereocenters. The lowest BCUT2D eigenvalue weighted by Gasteiger charge is -2.22. The summed E-state index contributed by atoms with van der Waals surface area (Å²) in [5, 5.41) is 2.42. The first-order valence-electron chi connectivity index (χ1n) is 24.0. The quantitative estimate of drug-likeness (QED) is 0.153. The van der Waals surface area contributed by atoms with Gasteiger partial charge >= 0.3 is 0 Å². The molecule has 2 heterocycles. The Morgan fingerprint density at radius 1 is 0.300 bits per heavy atom. The van der Waals surface area contributed by atoms with Crippen molar-refractivity contribution in [3.63, 3.8) is 0 Å². The predicted molar refractivity (Wildman–Crippen MR) is 290 cm³/mol. The zero-order valence-corrected chi connectivity index (χ0v) is 38.9. The Morgan fingerprint density at radius 3 is 1.34 bits per heavy atom. The number of para-hydroxylation sites is 2. The van der Waals surface area contributed by atoms with Gasteiger partial charge in [-0.3, -0.25) is 0 Å². The van der Waals surface area contributed by atoms with Crippen molar-refractivity contribution in [1.29, 1.82) is 0 Å². The van der Waals surface area contributed by atoms with Crippen molar-refractivity contribution in [1.82, 2.24) is 19.5 Å². The molecule has 1 aliphatic carbocycles. The highest BCUT2D eigenvalue weighted by molar-refractivity contribution is 6.14. The van der Waals surface area contributed by atoms with E-state index in [1.807, 2.05) is 12.1 Å². The van der Waals surface area contributed by atoms with Gasteiger partial charge in [0.2, 0.25) is 0 Å². The number of hydrogen-bond acceptors (Lipinski definition) is 3. The summed E-state index contributed by atoms with van der Waals surface area (Å²) in [5.74, 6) is 1.86. The first-order valence-corrected chi connectivity index (χ1v) is 24.0. The lowest BCUT2D eigenvalue weighted by molar-refractivity contribution is 0.660. The molecule has 0 radical (unpaired) electrons. The minimum atomic E-state index is -0.0950. The number of hydrogen-bond donors (Lipinski definition) is 0. The molecule has 0 saturated heterocycles. The van der Waals surface area contributed by atoms with Crippen molar-refractivity contribution in [2.45, 2.75) is 19.3 Å². The normalized spacial score (nSPS) is 12.5. The van der Waals surface area contributed by atoms with E-state index in [1.165, 1.54) is 71.9 Å². The minimum absolute atomic E-state index is 0.0950. The third kappa shape index (κ3) is 6.95. The smallest absolute Gasteiger partial charge is 0.164 e. The maximum Gasteiger partial charge on any atom is 0.164 e. The van der Waals surface area contributed by atoms with E-state index >= 15 is 0 Å². The summed E-state index contributed by atoms with van der Waals surface area (Å²) in [6.45, 7) is 4.71. The van der Waals surface area contributed by atoms with Gasteiger partial charge in [0.15, 0.2) is 17.5 Å². The number of benzene rings is 10. The highest BCUT2D eigenvalue weighted by Gasteiger charge is 2.35. The lowest BCUT2D eigenvalue weighted by Crippen LogP contribution is -2.14. The van der Waals surface area contributed by atoms with Crippen molar-refractivity contribution in [3.8, 4) is 95.5 Å². The van der Waals surface area contributed by atoms with E-state index in [9.17, 15) is 0 Å². The predicted octanol–water partition coefficient (Wildman–Crippen LogP) is 16.9. The molecule has 0 N–H and O–H groups in total. The molecule has 10 aromatic carbocycles. The van der Waals surface area contributed by atoms with Crippen molar-refractivity contribution >= 4 is 21.8 Å².